The van der Waals surface area contributed by atoms with Crippen LogP contribution in [0.3, 0.4) is 0 Å². The molecule has 1 fully saturated rings. The Balaban J connectivity index is 2.28. The van der Waals surface area contributed by atoms with Gasteiger partial charge in [-0.05, 0) is 30.6 Å². The van der Waals surface area contributed by atoms with Crippen molar-refractivity contribution >= 4 is 5.97 Å². The number of carboxylic acid groups (broad SMARTS) is 1. The largest absolute Gasteiger partial charge is 0.478 e. The first kappa shape index (κ1) is 13.4. The molecule has 0 bridgehead atoms. The SMILES string of the molecule is CCCC1=C[C@@H]2C(=C(C(=O)O)C(C)(C)C)C[C@@H]2C1. The number of allylic oxidation sites excluding steroid dienone is 3. The van der Waals surface area contributed by atoms with Crippen molar-refractivity contribution in [1.29, 1.82) is 0 Å². The molecule has 0 saturated heterocycles. The zero-order chi connectivity index (χ0) is 13.5. The highest BCUT2D eigenvalue weighted by Gasteiger charge is 2.43. The van der Waals surface area contributed by atoms with E-state index in [1.54, 1.807) is 5.57 Å². The number of fused-ring (bicyclic) bond motifs is 1. The van der Waals surface area contributed by atoms with Gasteiger partial charge >= 0.3 is 5.97 Å². The summed E-state index contributed by atoms with van der Waals surface area (Å²) in [5.74, 6) is 0.392. The third kappa shape index (κ3) is 2.25. The number of rotatable bonds is 3. The van der Waals surface area contributed by atoms with E-state index in [1.165, 1.54) is 24.8 Å². The molecule has 0 aromatic heterocycles. The summed E-state index contributed by atoms with van der Waals surface area (Å²) >= 11 is 0. The molecule has 2 aliphatic rings. The molecule has 1 saturated carbocycles. The van der Waals surface area contributed by atoms with Crippen molar-refractivity contribution < 1.29 is 9.90 Å². The lowest BCUT2D eigenvalue weighted by Crippen LogP contribution is -2.31. The molecule has 0 heterocycles. The summed E-state index contributed by atoms with van der Waals surface area (Å²) in [7, 11) is 0. The van der Waals surface area contributed by atoms with Crippen molar-refractivity contribution in [3.63, 3.8) is 0 Å². The molecule has 0 spiro atoms. The van der Waals surface area contributed by atoms with Crippen molar-refractivity contribution in [3.8, 4) is 0 Å². The molecule has 0 aliphatic heterocycles. The van der Waals surface area contributed by atoms with E-state index >= 15 is 0 Å². The first-order valence-electron chi connectivity index (χ1n) is 7.01. The van der Waals surface area contributed by atoms with Gasteiger partial charge in [0.05, 0.1) is 0 Å². The van der Waals surface area contributed by atoms with Crippen LogP contribution in [0.2, 0.25) is 0 Å². The van der Waals surface area contributed by atoms with Gasteiger partial charge in [0, 0.05) is 11.5 Å². The molecule has 18 heavy (non-hydrogen) atoms. The van der Waals surface area contributed by atoms with Gasteiger partial charge in [0.1, 0.15) is 0 Å². The van der Waals surface area contributed by atoms with Gasteiger partial charge in [-0.3, -0.25) is 0 Å². The van der Waals surface area contributed by atoms with E-state index in [-0.39, 0.29) is 5.41 Å². The lowest BCUT2D eigenvalue weighted by atomic mass is 9.65. The number of carboxylic acids is 1. The van der Waals surface area contributed by atoms with E-state index in [1.807, 2.05) is 20.8 Å². The number of hydrogen-bond donors (Lipinski definition) is 1. The van der Waals surface area contributed by atoms with Crippen LogP contribution >= 0.6 is 0 Å². The Labute approximate surface area is 110 Å². The molecule has 100 valence electrons. The van der Waals surface area contributed by atoms with E-state index in [0.29, 0.717) is 17.4 Å². The summed E-state index contributed by atoms with van der Waals surface area (Å²) < 4.78 is 0. The highest BCUT2D eigenvalue weighted by molar-refractivity contribution is 5.89. The van der Waals surface area contributed by atoms with E-state index in [2.05, 4.69) is 13.0 Å². The molecule has 0 aromatic carbocycles. The monoisotopic (exact) mass is 248 g/mol. The minimum Gasteiger partial charge on any atom is -0.478 e. The first-order valence-corrected chi connectivity index (χ1v) is 7.01. The average Bonchev–Trinajstić information content (AvgIpc) is 2.50. The zero-order valence-electron chi connectivity index (χ0n) is 11.9. The molecule has 2 nitrogen and oxygen atoms in total. The van der Waals surface area contributed by atoms with Gasteiger partial charge in [-0.2, -0.15) is 0 Å². The van der Waals surface area contributed by atoms with Crippen LogP contribution < -0.4 is 0 Å². The molecule has 0 unspecified atom stereocenters. The lowest BCUT2D eigenvalue weighted by molar-refractivity contribution is -0.133. The molecule has 2 heteroatoms. The Hall–Kier alpha value is -1.05. The highest BCUT2D eigenvalue weighted by atomic mass is 16.4. The quantitative estimate of drug-likeness (QED) is 0.601. The summed E-state index contributed by atoms with van der Waals surface area (Å²) in [5.41, 5.74) is 3.12. The predicted molar refractivity (Wildman–Crippen MR) is 73.3 cm³/mol. The van der Waals surface area contributed by atoms with E-state index in [0.717, 1.165) is 6.42 Å². The van der Waals surface area contributed by atoms with Crippen LogP contribution in [0.5, 0.6) is 0 Å². The maximum atomic E-state index is 11.5. The second kappa shape index (κ2) is 4.56. The molecule has 0 amide bonds. The molecule has 0 radical (unpaired) electrons. The van der Waals surface area contributed by atoms with Gasteiger partial charge in [-0.1, -0.05) is 51.3 Å². The maximum absolute atomic E-state index is 11.5. The Morgan fingerprint density at radius 2 is 2.06 bits per heavy atom. The summed E-state index contributed by atoms with van der Waals surface area (Å²) in [5, 5.41) is 9.45. The fourth-order valence-corrected chi connectivity index (χ4v) is 3.48. The maximum Gasteiger partial charge on any atom is 0.332 e. The van der Waals surface area contributed by atoms with E-state index in [9.17, 15) is 9.90 Å². The second-order valence-electron chi connectivity index (χ2n) is 6.72. The van der Waals surface area contributed by atoms with Crippen molar-refractivity contribution in [1.82, 2.24) is 0 Å². The zero-order valence-corrected chi connectivity index (χ0v) is 11.9. The third-order valence-corrected chi connectivity index (χ3v) is 4.19. The summed E-state index contributed by atoms with van der Waals surface area (Å²) in [6.45, 7) is 8.21. The Morgan fingerprint density at radius 1 is 1.39 bits per heavy atom. The molecule has 2 atom stereocenters. The molecular formula is C16H24O2. The fraction of sp³-hybridized carbons (Fsp3) is 0.688. The van der Waals surface area contributed by atoms with Gasteiger partial charge in [0.25, 0.3) is 0 Å². The van der Waals surface area contributed by atoms with Crippen LogP contribution in [0.4, 0.5) is 0 Å². The molecule has 2 aliphatic carbocycles. The molecule has 0 aromatic rings. The highest BCUT2D eigenvalue weighted by Crippen LogP contribution is 2.53. The number of carbonyl (C=O) groups is 1. The Bertz CT molecular complexity index is 421. The third-order valence-electron chi connectivity index (χ3n) is 4.19. The normalized spacial score (nSPS) is 29.4. The molecule has 1 N–H and O–H groups in total. The van der Waals surface area contributed by atoms with Crippen LogP contribution in [0.15, 0.2) is 22.8 Å². The van der Waals surface area contributed by atoms with Crippen LogP contribution in [-0.2, 0) is 4.79 Å². The second-order valence-corrected chi connectivity index (χ2v) is 6.72. The van der Waals surface area contributed by atoms with E-state index < -0.39 is 5.97 Å². The topological polar surface area (TPSA) is 37.3 Å². The Kier molecular flexibility index (Phi) is 3.39. The first-order chi connectivity index (χ1) is 8.34. The molecular weight excluding hydrogens is 224 g/mol. The van der Waals surface area contributed by atoms with Gasteiger partial charge < -0.3 is 5.11 Å². The fourth-order valence-electron chi connectivity index (χ4n) is 3.48. The van der Waals surface area contributed by atoms with Crippen molar-refractivity contribution in [3.05, 3.63) is 22.8 Å². The van der Waals surface area contributed by atoms with Gasteiger partial charge in [0.15, 0.2) is 0 Å². The summed E-state index contributed by atoms with van der Waals surface area (Å²) in [4.78, 5) is 11.5. The van der Waals surface area contributed by atoms with Crippen LogP contribution in [0.25, 0.3) is 0 Å². The van der Waals surface area contributed by atoms with Crippen LogP contribution in [-0.4, -0.2) is 11.1 Å². The molecule has 2 rings (SSSR count). The minimum atomic E-state index is -0.728. The van der Waals surface area contributed by atoms with Crippen LogP contribution in [0, 0.1) is 17.3 Å². The minimum absolute atomic E-state index is 0.256. The van der Waals surface area contributed by atoms with Crippen LogP contribution in [0.1, 0.15) is 53.4 Å². The summed E-state index contributed by atoms with van der Waals surface area (Å²) in [6, 6.07) is 0. The predicted octanol–water partition coefficient (Wildman–Crippen LogP) is 4.18. The average molecular weight is 248 g/mol. The summed E-state index contributed by atoms with van der Waals surface area (Å²) in [6.07, 6.45) is 6.90. The van der Waals surface area contributed by atoms with Crippen molar-refractivity contribution in [2.24, 2.45) is 17.3 Å². The van der Waals surface area contributed by atoms with Crippen molar-refractivity contribution in [2.75, 3.05) is 0 Å². The van der Waals surface area contributed by atoms with Gasteiger partial charge in [-0.15, -0.1) is 0 Å². The van der Waals surface area contributed by atoms with Gasteiger partial charge in [-0.25, -0.2) is 4.79 Å². The smallest absolute Gasteiger partial charge is 0.332 e. The Morgan fingerprint density at radius 3 is 2.56 bits per heavy atom. The van der Waals surface area contributed by atoms with E-state index in [4.69, 9.17) is 0 Å². The number of hydrogen-bond acceptors (Lipinski definition) is 1. The number of aliphatic carboxylic acids is 1. The lowest BCUT2D eigenvalue weighted by Gasteiger charge is -2.38. The van der Waals surface area contributed by atoms with Crippen molar-refractivity contribution in [2.45, 2.75) is 53.4 Å². The standard InChI is InChI=1S/C16H24O2/c1-5-6-10-7-11-9-13(12(11)8-10)14(15(17)18)16(2,3)4/h8,11-12H,5-7,9H2,1-4H3,(H,17,18)/t11-,12-/m0/s1. The van der Waals surface area contributed by atoms with Gasteiger partial charge in [0.2, 0.25) is 0 Å².